The molecule has 3 unspecified atom stereocenters. The summed E-state index contributed by atoms with van der Waals surface area (Å²) in [5.41, 5.74) is 0.105. The van der Waals surface area contributed by atoms with E-state index in [1.54, 1.807) is 4.90 Å². The molecule has 1 saturated carbocycles. The number of carbonyl (C=O) groups is 3. The summed E-state index contributed by atoms with van der Waals surface area (Å²) in [6, 6.07) is 9.04. The maximum atomic E-state index is 13.6. The van der Waals surface area contributed by atoms with E-state index in [0.717, 1.165) is 25.7 Å². The maximum absolute atomic E-state index is 13.6. The van der Waals surface area contributed by atoms with Crippen LogP contribution in [-0.2, 0) is 9.53 Å². The second-order valence-electron chi connectivity index (χ2n) is 10.2. The predicted molar refractivity (Wildman–Crippen MR) is 121 cm³/mol. The fourth-order valence-corrected chi connectivity index (χ4v) is 5.35. The van der Waals surface area contributed by atoms with E-state index in [-0.39, 0.29) is 23.9 Å². The van der Waals surface area contributed by atoms with Crippen LogP contribution in [0.25, 0.3) is 0 Å². The number of fused-ring (bicyclic) bond motifs is 1. The van der Waals surface area contributed by atoms with E-state index in [2.05, 4.69) is 0 Å². The Bertz CT molecular complexity index is 842. The van der Waals surface area contributed by atoms with Crippen molar-refractivity contribution < 1.29 is 19.1 Å². The summed E-state index contributed by atoms with van der Waals surface area (Å²) in [6.07, 6.45) is 4.74. The summed E-state index contributed by atoms with van der Waals surface area (Å²) < 4.78 is 5.47. The van der Waals surface area contributed by atoms with E-state index in [0.29, 0.717) is 37.7 Å². The van der Waals surface area contributed by atoms with E-state index in [4.69, 9.17) is 4.74 Å². The average Bonchev–Trinajstić information content (AvgIpc) is 3.17. The number of ether oxygens (including phenoxy) is 1. The molecule has 32 heavy (non-hydrogen) atoms. The highest BCUT2D eigenvalue weighted by Gasteiger charge is 2.48. The van der Waals surface area contributed by atoms with Gasteiger partial charge in [-0.05, 0) is 58.1 Å². The van der Waals surface area contributed by atoms with Gasteiger partial charge in [0.1, 0.15) is 11.6 Å². The van der Waals surface area contributed by atoms with Crippen LogP contribution < -0.4 is 0 Å². The van der Waals surface area contributed by atoms with Gasteiger partial charge in [0.25, 0.3) is 5.91 Å². The van der Waals surface area contributed by atoms with E-state index in [1.165, 1.54) is 6.42 Å². The lowest BCUT2D eigenvalue weighted by Crippen LogP contribution is -2.56. The third kappa shape index (κ3) is 4.76. The minimum absolute atomic E-state index is 0.0209. The van der Waals surface area contributed by atoms with Crippen LogP contribution in [-0.4, -0.2) is 76.5 Å². The zero-order chi connectivity index (χ0) is 22.9. The number of likely N-dealkylation sites (tertiary alicyclic amines) is 1. The van der Waals surface area contributed by atoms with Crippen LogP contribution in [0.3, 0.4) is 0 Å². The molecule has 0 aromatic heterocycles. The zero-order valence-electron chi connectivity index (χ0n) is 19.5. The molecule has 174 valence electrons. The van der Waals surface area contributed by atoms with Crippen molar-refractivity contribution in [2.45, 2.75) is 70.6 Å². The molecule has 0 N–H and O–H groups in total. The zero-order valence-corrected chi connectivity index (χ0v) is 19.5. The molecule has 1 aliphatic carbocycles. The van der Waals surface area contributed by atoms with Crippen LogP contribution in [0.2, 0.25) is 0 Å². The van der Waals surface area contributed by atoms with Crippen molar-refractivity contribution in [3.05, 3.63) is 35.9 Å². The molecule has 0 radical (unpaired) electrons. The van der Waals surface area contributed by atoms with Gasteiger partial charge in [-0.2, -0.15) is 0 Å². The van der Waals surface area contributed by atoms with Crippen LogP contribution in [0.15, 0.2) is 30.3 Å². The first kappa shape index (κ1) is 22.6. The molecule has 4 rings (SSSR count). The molecular weight excluding hydrogens is 406 g/mol. The Morgan fingerprint density at radius 1 is 0.906 bits per heavy atom. The third-order valence-electron chi connectivity index (χ3n) is 6.87. The van der Waals surface area contributed by atoms with Crippen molar-refractivity contribution in [3.8, 4) is 0 Å². The smallest absolute Gasteiger partial charge is 0.410 e. The van der Waals surface area contributed by atoms with Crippen LogP contribution >= 0.6 is 0 Å². The second-order valence-corrected chi connectivity index (χ2v) is 10.2. The Labute approximate surface area is 190 Å². The number of carbonyl (C=O) groups excluding carboxylic acids is 3. The first-order valence-corrected chi connectivity index (χ1v) is 11.9. The Morgan fingerprint density at radius 2 is 1.53 bits per heavy atom. The molecular formula is C25H35N3O4. The maximum Gasteiger partial charge on any atom is 0.410 e. The van der Waals surface area contributed by atoms with Gasteiger partial charge in [-0.15, -0.1) is 0 Å². The lowest BCUT2D eigenvalue weighted by Gasteiger charge is -2.39. The van der Waals surface area contributed by atoms with E-state index >= 15 is 0 Å². The molecule has 2 aliphatic heterocycles. The number of piperazine rings is 1. The van der Waals surface area contributed by atoms with Gasteiger partial charge in [0.15, 0.2) is 0 Å². The lowest BCUT2D eigenvalue weighted by molar-refractivity contribution is -0.137. The quantitative estimate of drug-likeness (QED) is 0.704. The molecule has 2 saturated heterocycles. The summed E-state index contributed by atoms with van der Waals surface area (Å²) >= 11 is 0. The van der Waals surface area contributed by atoms with Crippen molar-refractivity contribution >= 4 is 17.9 Å². The molecule has 7 nitrogen and oxygen atoms in total. The minimum atomic E-state index is -0.539. The van der Waals surface area contributed by atoms with Gasteiger partial charge in [-0.3, -0.25) is 9.59 Å². The Balaban J connectivity index is 1.46. The van der Waals surface area contributed by atoms with Gasteiger partial charge in [-0.25, -0.2) is 4.79 Å². The SMILES string of the molecule is CC(C)(C)OC(=O)N1CCN(C(=O)C2CC3CCCCC3N2C(=O)c2ccccc2)CC1. The lowest BCUT2D eigenvalue weighted by atomic mass is 9.84. The standard InChI is InChI=1S/C25H35N3O4/c1-25(2,3)32-24(31)27-15-13-26(14-16-27)23(30)21-17-19-11-7-8-12-20(19)28(21)22(29)18-9-5-4-6-10-18/h4-6,9-10,19-21H,7-8,11-17H2,1-3H3. The first-order valence-electron chi connectivity index (χ1n) is 11.9. The summed E-state index contributed by atoms with van der Waals surface area (Å²) in [4.78, 5) is 44.8. The van der Waals surface area contributed by atoms with Crippen molar-refractivity contribution in [2.24, 2.45) is 5.92 Å². The second kappa shape index (κ2) is 9.12. The highest BCUT2D eigenvalue weighted by molar-refractivity contribution is 5.98. The van der Waals surface area contributed by atoms with Crippen LogP contribution in [0, 0.1) is 5.92 Å². The number of hydrogen-bond donors (Lipinski definition) is 0. The van der Waals surface area contributed by atoms with E-state index < -0.39 is 11.6 Å². The molecule has 1 aromatic rings. The molecule has 3 atom stereocenters. The Morgan fingerprint density at radius 3 is 2.19 bits per heavy atom. The van der Waals surface area contributed by atoms with Crippen molar-refractivity contribution in [1.82, 2.24) is 14.7 Å². The first-order chi connectivity index (χ1) is 15.2. The summed E-state index contributed by atoms with van der Waals surface area (Å²) in [6.45, 7) is 7.39. The number of rotatable bonds is 2. The molecule has 7 heteroatoms. The van der Waals surface area contributed by atoms with Gasteiger partial charge < -0.3 is 19.4 Å². The number of nitrogens with zero attached hydrogens (tertiary/aromatic N) is 3. The van der Waals surface area contributed by atoms with Crippen molar-refractivity contribution in [3.63, 3.8) is 0 Å². The largest absolute Gasteiger partial charge is 0.444 e. The summed E-state index contributed by atoms with van der Waals surface area (Å²) in [5.74, 6) is 0.381. The summed E-state index contributed by atoms with van der Waals surface area (Å²) in [5, 5.41) is 0. The van der Waals surface area contributed by atoms with Gasteiger partial charge in [0, 0.05) is 37.8 Å². The molecule has 3 fully saturated rings. The minimum Gasteiger partial charge on any atom is -0.444 e. The van der Waals surface area contributed by atoms with Gasteiger partial charge >= 0.3 is 6.09 Å². The number of benzene rings is 1. The molecule has 3 amide bonds. The molecule has 1 aromatic carbocycles. The van der Waals surface area contributed by atoms with Gasteiger partial charge in [-0.1, -0.05) is 31.0 Å². The number of amides is 3. The average molecular weight is 442 g/mol. The molecule has 0 bridgehead atoms. The van der Waals surface area contributed by atoms with Gasteiger partial charge in [0.2, 0.25) is 5.91 Å². The monoisotopic (exact) mass is 441 g/mol. The summed E-state index contributed by atoms with van der Waals surface area (Å²) in [7, 11) is 0. The molecule has 2 heterocycles. The van der Waals surface area contributed by atoms with E-state index in [1.807, 2.05) is 60.9 Å². The topological polar surface area (TPSA) is 70.2 Å². The highest BCUT2D eigenvalue weighted by Crippen LogP contribution is 2.41. The van der Waals surface area contributed by atoms with Crippen LogP contribution in [0.1, 0.15) is 63.2 Å². The normalized spacial score (nSPS) is 26.0. The van der Waals surface area contributed by atoms with Crippen LogP contribution in [0.4, 0.5) is 4.79 Å². The van der Waals surface area contributed by atoms with Gasteiger partial charge in [0.05, 0.1) is 0 Å². The molecule has 3 aliphatic rings. The highest BCUT2D eigenvalue weighted by atomic mass is 16.6. The van der Waals surface area contributed by atoms with Crippen molar-refractivity contribution in [1.29, 1.82) is 0 Å². The fourth-order valence-electron chi connectivity index (χ4n) is 5.35. The number of hydrogen-bond acceptors (Lipinski definition) is 4. The predicted octanol–water partition coefficient (Wildman–Crippen LogP) is 3.54. The van der Waals surface area contributed by atoms with Crippen LogP contribution in [0.5, 0.6) is 0 Å². The van der Waals surface area contributed by atoms with Crippen molar-refractivity contribution in [2.75, 3.05) is 26.2 Å². The van der Waals surface area contributed by atoms with E-state index in [9.17, 15) is 14.4 Å². The molecule has 0 spiro atoms. The fraction of sp³-hybridized carbons (Fsp3) is 0.640. The Hall–Kier alpha value is -2.57. The third-order valence-corrected chi connectivity index (χ3v) is 6.87. The Kier molecular flexibility index (Phi) is 6.45.